The van der Waals surface area contributed by atoms with E-state index in [-0.39, 0.29) is 11.7 Å². The van der Waals surface area contributed by atoms with Crippen LogP contribution in [-0.2, 0) is 4.79 Å². The third-order valence-corrected chi connectivity index (χ3v) is 4.52. The van der Waals surface area contributed by atoms with Gasteiger partial charge in [0.05, 0.1) is 11.7 Å². The van der Waals surface area contributed by atoms with E-state index in [9.17, 15) is 4.79 Å². The summed E-state index contributed by atoms with van der Waals surface area (Å²) in [6, 6.07) is 0. The van der Waals surface area contributed by atoms with Gasteiger partial charge in [0.25, 0.3) is 0 Å². The minimum Gasteiger partial charge on any atom is -0.325 e. The van der Waals surface area contributed by atoms with E-state index in [1.165, 1.54) is 12.8 Å². The van der Waals surface area contributed by atoms with Crippen molar-refractivity contribution in [2.24, 2.45) is 5.92 Å². The van der Waals surface area contributed by atoms with Crippen LogP contribution < -0.4 is 5.32 Å². The van der Waals surface area contributed by atoms with E-state index in [1.807, 2.05) is 0 Å². The third kappa shape index (κ3) is 2.95. The van der Waals surface area contributed by atoms with Gasteiger partial charge in [-0.3, -0.25) is 10.1 Å². The van der Waals surface area contributed by atoms with Gasteiger partial charge in [0.2, 0.25) is 5.91 Å². The van der Waals surface area contributed by atoms with Crippen LogP contribution in [0.15, 0.2) is 0 Å². The van der Waals surface area contributed by atoms with E-state index in [0.717, 1.165) is 32.4 Å². The number of amides is 1. The zero-order valence-corrected chi connectivity index (χ0v) is 12.9. The highest BCUT2D eigenvalue weighted by molar-refractivity contribution is 5.89. The number of carbonyl (C=O) groups is 1. The topological polar surface area (TPSA) is 35.6 Å². The molecule has 0 aromatic carbocycles. The number of rotatable bonds is 5. The Hall–Kier alpha value is -0.610. The van der Waals surface area contributed by atoms with Crippen molar-refractivity contribution in [2.75, 3.05) is 27.2 Å². The summed E-state index contributed by atoms with van der Waals surface area (Å²) in [5.41, 5.74) is -0.215. The predicted octanol–water partition coefficient (Wildman–Crippen LogP) is 1.66. The first-order chi connectivity index (χ1) is 8.96. The largest absolute Gasteiger partial charge is 0.325 e. The van der Waals surface area contributed by atoms with Crippen LogP contribution in [0.2, 0.25) is 0 Å². The van der Waals surface area contributed by atoms with Crippen LogP contribution in [0.3, 0.4) is 0 Å². The summed E-state index contributed by atoms with van der Waals surface area (Å²) in [6.45, 7) is 6.34. The van der Waals surface area contributed by atoms with E-state index in [1.54, 1.807) is 0 Å². The fraction of sp³-hybridized carbons (Fsp3) is 0.933. The number of hydrogen-bond acceptors (Lipinski definition) is 3. The molecule has 2 fully saturated rings. The van der Waals surface area contributed by atoms with E-state index < -0.39 is 0 Å². The van der Waals surface area contributed by atoms with Crippen LogP contribution in [0, 0.1) is 5.92 Å². The van der Waals surface area contributed by atoms with Gasteiger partial charge in [-0.1, -0.05) is 26.7 Å². The van der Waals surface area contributed by atoms with Crippen LogP contribution in [-0.4, -0.2) is 54.6 Å². The lowest BCUT2D eigenvalue weighted by Gasteiger charge is -2.27. The zero-order chi connectivity index (χ0) is 14.0. The average molecular weight is 267 g/mol. The molecule has 1 N–H and O–H groups in total. The summed E-state index contributed by atoms with van der Waals surface area (Å²) in [5.74, 6) is 0.839. The van der Waals surface area contributed by atoms with Gasteiger partial charge in [0.1, 0.15) is 0 Å². The molecular weight excluding hydrogens is 238 g/mol. The minimum absolute atomic E-state index is 0.215. The van der Waals surface area contributed by atoms with Gasteiger partial charge in [-0.15, -0.1) is 0 Å². The Kier molecular flexibility index (Phi) is 4.51. The lowest BCUT2D eigenvalue weighted by atomic mass is 9.98. The van der Waals surface area contributed by atoms with Crippen LogP contribution in [0.4, 0.5) is 0 Å². The predicted molar refractivity (Wildman–Crippen MR) is 77.8 cm³/mol. The summed E-state index contributed by atoms with van der Waals surface area (Å²) >= 11 is 0. The maximum absolute atomic E-state index is 12.8. The number of nitrogens with zero attached hydrogens (tertiary/aromatic N) is 2. The molecule has 4 heteroatoms. The molecule has 110 valence electrons. The second-order valence-corrected chi connectivity index (χ2v) is 6.78. The molecule has 0 radical (unpaired) electrons. The smallest absolute Gasteiger partial charge is 0.244 e. The number of nitrogens with one attached hydrogen (secondary N) is 1. The van der Waals surface area contributed by atoms with Crippen molar-refractivity contribution in [1.82, 2.24) is 15.1 Å². The van der Waals surface area contributed by atoms with Crippen LogP contribution in [0.1, 0.15) is 46.0 Å². The van der Waals surface area contributed by atoms with Crippen molar-refractivity contribution in [3.63, 3.8) is 0 Å². The monoisotopic (exact) mass is 267 g/mol. The highest BCUT2D eigenvalue weighted by Gasteiger charge is 2.52. The molecule has 1 amide bonds. The molecule has 4 nitrogen and oxygen atoms in total. The molecule has 2 aliphatic rings. The lowest BCUT2D eigenvalue weighted by Crippen LogP contribution is -2.45. The Morgan fingerprint density at radius 2 is 2.00 bits per heavy atom. The Balaban J connectivity index is 2.03. The van der Waals surface area contributed by atoms with Crippen LogP contribution in [0.25, 0.3) is 0 Å². The molecule has 1 spiro atoms. The van der Waals surface area contributed by atoms with Crippen molar-refractivity contribution in [1.29, 1.82) is 0 Å². The van der Waals surface area contributed by atoms with Crippen molar-refractivity contribution in [3.05, 3.63) is 0 Å². The van der Waals surface area contributed by atoms with Crippen LogP contribution in [0.5, 0.6) is 0 Å². The molecule has 1 atom stereocenters. The molecule has 1 heterocycles. The van der Waals surface area contributed by atoms with Gasteiger partial charge in [0.15, 0.2) is 0 Å². The quantitative estimate of drug-likeness (QED) is 0.823. The van der Waals surface area contributed by atoms with Crippen molar-refractivity contribution in [3.8, 4) is 0 Å². The summed E-state index contributed by atoms with van der Waals surface area (Å²) in [4.78, 5) is 17.1. The zero-order valence-electron chi connectivity index (χ0n) is 12.9. The summed E-state index contributed by atoms with van der Waals surface area (Å²) in [7, 11) is 4.17. The maximum Gasteiger partial charge on any atom is 0.244 e. The van der Waals surface area contributed by atoms with E-state index in [0.29, 0.717) is 11.8 Å². The Bertz CT molecular complexity index is 321. The van der Waals surface area contributed by atoms with Gasteiger partial charge in [-0.2, -0.15) is 0 Å². The second-order valence-electron chi connectivity index (χ2n) is 6.78. The number of hydrogen-bond donors (Lipinski definition) is 1. The standard InChI is InChI=1S/C15H29N3O/c1-12(2)13-16-15(8-5-6-9-15)14(19)18(13)11-7-10-17(3)4/h12-13,16H,5-11H2,1-4H3. The molecule has 0 aromatic rings. The first kappa shape index (κ1) is 14.8. The summed E-state index contributed by atoms with van der Waals surface area (Å²) in [5, 5.41) is 3.67. The highest BCUT2D eigenvalue weighted by Crippen LogP contribution is 2.37. The molecule has 1 saturated heterocycles. The first-order valence-corrected chi connectivity index (χ1v) is 7.70. The Morgan fingerprint density at radius 1 is 1.37 bits per heavy atom. The molecule has 2 rings (SSSR count). The molecule has 1 aliphatic carbocycles. The van der Waals surface area contributed by atoms with Crippen molar-refractivity contribution >= 4 is 5.91 Å². The molecular formula is C15H29N3O. The fourth-order valence-electron chi connectivity index (χ4n) is 3.49. The average Bonchev–Trinajstić information content (AvgIpc) is 2.90. The SMILES string of the molecule is CC(C)C1NC2(CCCC2)C(=O)N1CCCN(C)C. The minimum atomic E-state index is -0.215. The van der Waals surface area contributed by atoms with E-state index in [4.69, 9.17) is 0 Å². The van der Waals surface area contributed by atoms with Gasteiger partial charge in [-0.05, 0) is 45.8 Å². The molecule has 19 heavy (non-hydrogen) atoms. The van der Waals surface area contributed by atoms with Crippen LogP contribution >= 0.6 is 0 Å². The van der Waals surface area contributed by atoms with Gasteiger partial charge >= 0.3 is 0 Å². The van der Waals surface area contributed by atoms with Crippen molar-refractivity contribution < 1.29 is 4.79 Å². The first-order valence-electron chi connectivity index (χ1n) is 7.70. The molecule has 1 aliphatic heterocycles. The molecule has 1 unspecified atom stereocenters. The van der Waals surface area contributed by atoms with E-state index in [2.05, 4.69) is 43.1 Å². The Morgan fingerprint density at radius 3 is 2.53 bits per heavy atom. The maximum atomic E-state index is 12.8. The molecule has 1 saturated carbocycles. The second kappa shape index (κ2) is 5.80. The third-order valence-electron chi connectivity index (χ3n) is 4.52. The fourth-order valence-corrected chi connectivity index (χ4v) is 3.49. The normalized spacial score (nSPS) is 26.3. The molecule has 0 aromatic heterocycles. The highest BCUT2D eigenvalue weighted by atomic mass is 16.2. The van der Waals surface area contributed by atoms with E-state index >= 15 is 0 Å². The Labute approximate surface area is 117 Å². The van der Waals surface area contributed by atoms with Crippen molar-refractivity contribution in [2.45, 2.75) is 57.7 Å². The molecule has 0 bridgehead atoms. The van der Waals surface area contributed by atoms with Gasteiger partial charge in [0, 0.05) is 6.54 Å². The summed E-state index contributed by atoms with van der Waals surface area (Å²) < 4.78 is 0. The van der Waals surface area contributed by atoms with Gasteiger partial charge < -0.3 is 9.80 Å². The van der Waals surface area contributed by atoms with Gasteiger partial charge in [-0.25, -0.2) is 0 Å². The number of carbonyl (C=O) groups excluding carboxylic acids is 1. The summed E-state index contributed by atoms with van der Waals surface area (Å²) in [6.07, 6.45) is 5.72. The lowest BCUT2D eigenvalue weighted by molar-refractivity contribution is -0.133.